The van der Waals surface area contributed by atoms with Crippen molar-refractivity contribution >= 4 is 33.4 Å². The summed E-state index contributed by atoms with van der Waals surface area (Å²) in [7, 11) is 0. The van der Waals surface area contributed by atoms with Gasteiger partial charge in [-0.25, -0.2) is 4.79 Å². The third-order valence-corrected chi connectivity index (χ3v) is 7.98. The van der Waals surface area contributed by atoms with Gasteiger partial charge in [0.1, 0.15) is 5.60 Å². The van der Waals surface area contributed by atoms with E-state index in [1.54, 1.807) is 16.2 Å². The predicted octanol–water partition coefficient (Wildman–Crippen LogP) is 7.39. The number of fused-ring (bicyclic) bond motifs is 1. The molecule has 0 N–H and O–H groups in total. The number of likely N-dealkylation sites (tertiary alicyclic amines) is 1. The van der Waals surface area contributed by atoms with E-state index in [0.29, 0.717) is 6.42 Å². The van der Waals surface area contributed by atoms with Gasteiger partial charge >= 0.3 is 18.2 Å². The third kappa shape index (κ3) is 6.31. The lowest BCUT2D eigenvalue weighted by atomic mass is 9.80. The maximum Gasteiger partial charge on any atom is 0.471 e. The summed E-state index contributed by atoms with van der Waals surface area (Å²) >= 11 is 1.60. The normalized spacial score (nSPS) is 19.3. The maximum absolute atomic E-state index is 13.5. The molecule has 0 bridgehead atoms. The molecule has 1 aromatic heterocycles. The van der Waals surface area contributed by atoms with Gasteiger partial charge in [0.2, 0.25) is 0 Å². The van der Waals surface area contributed by atoms with Crippen LogP contribution >= 0.6 is 11.3 Å². The molecule has 38 heavy (non-hydrogen) atoms. The smallest absolute Gasteiger partial charge is 0.444 e. The van der Waals surface area contributed by atoms with Gasteiger partial charge in [-0.05, 0) is 68.0 Å². The summed E-state index contributed by atoms with van der Waals surface area (Å²) in [5, 5.41) is 3.11. The van der Waals surface area contributed by atoms with Crippen molar-refractivity contribution in [3.8, 4) is 0 Å². The molecule has 3 atom stereocenters. The molecule has 2 unspecified atom stereocenters. The Bertz CT molecular complexity index is 1270. The third-order valence-electron chi connectivity index (χ3n) is 7.00. The summed E-state index contributed by atoms with van der Waals surface area (Å²) in [6, 6.07) is 16.9. The van der Waals surface area contributed by atoms with Crippen LogP contribution in [0.2, 0.25) is 0 Å². The van der Waals surface area contributed by atoms with Crippen LogP contribution in [0.15, 0.2) is 60.0 Å². The first-order chi connectivity index (χ1) is 17.8. The van der Waals surface area contributed by atoms with Gasteiger partial charge in [0.05, 0.1) is 6.04 Å². The number of benzene rings is 2. The number of hydrogen-bond acceptors (Lipinski definition) is 4. The molecule has 4 rings (SSSR count). The summed E-state index contributed by atoms with van der Waals surface area (Å²) < 4.78 is 46.7. The van der Waals surface area contributed by atoms with Crippen LogP contribution in [0.1, 0.15) is 57.2 Å². The first-order valence-corrected chi connectivity index (χ1v) is 13.6. The molecule has 204 valence electrons. The first kappa shape index (κ1) is 28.0. The Morgan fingerprint density at radius 3 is 2.39 bits per heavy atom. The summed E-state index contributed by atoms with van der Waals surface area (Å²) in [6.45, 7) is 7.58. The zero-order valence-corrected chi connectivity index (χ0v) is 22.8. The Morgan fingerprint density at radius 2 is 1.74 bits per heavy atom. The highest BCUT2D eigenvalue weighted by Gasteiger charge is 2.46. The maximum atomic E-state index is 13.5. The fourth-order valence-corrected chi connectivity index (χ4v) is 6.16. The van der Waals surface area contributed by atoms with Gasteiger partial charge in [0, 0.05) is 30.3 Å². The topological polar surface area (TPSA) is 49.9 Å². The highest BCUT2D eigenvalue weighted by atomic mass is 32.1. The van der Waals surface area contributed by atoms with Gasteiger partial charge in [-0.2, -0.15) is 13.2 Å². The van der Waals surface area contributed by atoms with Crippen molar-refractivity contribution < 1.29 is 27.5 Å². The van der Waals surface area contributed by atoms with E-state index in [1.165, 1.54) is 0 Å². The number of carbonyl (C=O) groups excluding carboxylic acids is 2. The van der Waals surface area contributed by atoms with E-state index in [-0.39, 0.29) is 37.5 Å². The van der Waals surface area contributed by atoms with Crippen molar-refractivity contribution in [2.24, 2.45) is 5.92 Å². The van der Waals surface area contributed by atoms with E-state index in [4.69, 9.17) is 4.74 Å². The van der Waals surface area contributed by atoms with Crippen LogP contribution in [0.25, 0.3) is 10.1 Å². The average molecular weight is 547 g/mol. The van der Waals surface area contributed by atoms with Crippen LogP contribution in [-0.4, -0.2) is 53.2 Å². The molecule has 1 aliphatic rings. The Balaban J connectivity index is 1.67. The molecule has 1 fully saturated rings. The second kappa shape index (κ2) is 11.0. The Kier molecular flexibility index (Phi) is 8.06. The number of nitrogens with zero attached hydrogens (tertiary/aromatic N) is 2. The minimum atomic E-state index is -4.93. The predicted molar refractivity (Wildman–Crippen MR) is 143 cm³/mol. The van der Waals surface area contributed by atoms with Gasteiger partial charge in [0.15, 0.2) is 0 Å². The highest BCUT2D eigenvalue weighted by molar-refractivity contribution is 7.17. The summed E-state index contributed by atoms with van der Waals surface area (Å²) in [5.41, 5.74) is 1.12. The lowest BCUT2D eigenvalue weighted by Gasteiger charge is -2.42. The van der Waals surface area contributed by atoms with Crippen LogP contribution in [0.3, 0.4) is 0 Å². The summed E-state index contributed by atoms with van der Waals surface area (Å²) in [6.07, 6.45) is -5.07. The first-order valence-electron chi connectivity index (χ1n) is 12.7. The molecule has 2 aromatic carbocycles. The van der Waals surface area contributed by atoms with Crippen LogP contribution in [0.4, 0.5) is 18.0 Å². The van der Waals surface area contributed by atoms with Crippen molar-refractivity contribution in [3.63, 3.8) is 0 Å². The Morgan fingerprint density at radius 1 is 1.08 bits per heavy atom. The SMILES string of the molecule is C[C@H](c1csc2ccccc12)N(CC1CCN(C(=O)C(F)(F)F)CC1c1ccccc1)C(=O)OC(C)(C)C. The zero-order valence-electron chi connectivity index (χ0n) is 22.0. The van der Waals surface area contributed by atoms with Gasteiger partial charge in [-0.3, -0.25) is 4.79 Å². The zero-order chi connectivity index (χ0) is 27.7. The van der Waals surface area contributed by atoms with Crippen molar-refractivity contribution in [1.29, 1.82) is 0 Å². The standard InChI is InChI=1S/C29H33F3N2O3S/c1-19(24-18-38-25-13-9-8-12-22(24)25)34(27(36)37-28(2,3)4)16-21-14-15-33(26(35)29(30,31)32)17-23(21)20-10-6-5-7-11-20/h5-13,18-19,21,23H,14-17H2,1-4H3/t19-,21?,23?/m1/s1. The largest absolute Gasteiger partial charge is 0.471 e. The van der Waals surface area contributed by atoms with Crippen molar-refractivity contribution in [2.45, 2.75) is 57.9 Å². The molecule has 1 aliphatic heterocycles. The second-order valence-corrected chi connectivity index (χ2v) is 11.7. The quantitative estimate of drug-likeness (QED) is 0.335. The van der Waals surface area contributed by atoms with Crippen LogP contribution in [0.5, 0.6) is 0 Å². The van der Waals surface area contributed by atoms with E-state index in [9.17, 15) is 22.8 Å². The average Bonchev–Trinajstić information content (AvgIpc) is 3.29. The van der Waals surface area contributed by atoms with Crippen molar-refractivity contribution in [1.82, 2.24) is 9.80 Å². The number of ether oxygens (including phenoxy) is 1. The van der Waals surface area contributed by atoms with Crippen molar-refractivity contribution in [3.05, 3.63) is 71.1 Å². The molecule has 5 nitrogen and oxygen atoms in total. The van der Waals surface area contributed by atoms with Gasteiger partial charge < -0.3 is 14.5 Å². The van der Waals surface area contributed by atoms with E-state index in [2.05, 4.69) is 0 Å². The van der Waals surface area contributed by atoms with Gasteiger partial charge in [0.25, 0.3) is 0 Å². The number of alkyl halides is 3. The summed E-state index contributed by atoms with van der Waals surface area (Å²) in [5.74, 6) is -2.36. The number of halogens is 3. The fraction of sp³-hybridized carbons (Fsp3) is 0.448. The minimum Gasteiger partial charge on any atom is -0.444 e. The molecule has 2 amide bonds. The number of hydrogen-bond donors (Lipinski definition) is 0. The highest BCUT2D eigenvalue weighted by Crippen LogP contribution is 2.39. The molecule has 2 heterocycles. The second-order valence-electron chi connectivity index (χ2n) is 10.8. The van der Waals surface area contributed by atoms with E-state index in [1.807, 2.05) is 87.7 Å². The van der Waals surface area contributed by atoms with Crippen LogP contribution in [0, 0.1) is 5.92 Å². The van der Waals surface area contributed by atoms with Gasteiger partial charge in [-0.1, -0.05) is 48.5 Å². The summed E-state index contributed by atoms with van der Waals surface area (Å²) in [4.78, 5) is 28.2. The number of rotatable bonds is 5. The van der Waals surface area contributed by atoms with Crippen LogP contribution < -0.4 is 0 Å². The molecule has 9 heteroatoms. The van der Waals surface area contributed by atoms with E-state index < -0.39 is 23.8 Å². The lowest BCUT2D eigenvalue weighted by molar-refractivity contribution is -0.187. The molecule has 1 saturated heterocycles. The molecule has 3 aromatic rings. The minimum absolute atomic E-state index is 0.0235. The number of piperidine rings is 1. The molecular formula is C29H33F3N2O3S. The lowest BCUT2D eigenvalue weighted by Crippen LogP contribution is -2.50. The van der Waals surface area contributed by atoms with E-state index >= 15 is 0 Å². The van der Waals surface area contributed by atoms with Crippen LogP contribution in [-0.2, 0) is 9.53 Å². The van der Waals surface area contributed by atoms with Crippen molar-refractivity contribution in [2.75, 3.05) is 19.6 Å². The molecule has 0 saturated carbocycles. The number of amides is 2. The molecule has 0 spiro atoms. The Labute approximate surface area is 225 Å². The molecule has 0 radical (unpaired) electrons. The fourth-order valence-electron chi connectivity index (χ4n) is 5.11. The monoisotopic (exact) mass is 546 g/mol. The van der Waals surface area contributed by atoms with E-state index in [0.717, 1.165) is 26.1 Å². The molecule has 0 aliphatic carbocycles. The number of thiophene rings is 1. The molecular weight excluding hydrogens is 513 g/mol. The number of carbonyl (C=O) groups is 2. The van der Waals surface area contributed by atoms with Gasteiger partial charge in [-0.15, -0.1) is 11.3 Å². The Hall–Kier alpha value is -3.07.